The van der Waals surface area contributed by atoms with Crippen molar-refractivity contribution in [2.24, 2.45) is 5.73 Å². The summed E-state index contributed by atoms with van der Waals surface area (Å²) in [4.78, 5) is 13.5. The van der Waals surface area contributed by atoms with Gasteiger partial charge >= 0.3 is 0 Å². The van der Waals surface area contributed by atoms with Crippen molar-refractivity contribution in [3.05, 3.63) is 47.7 Å². The van der Waals surface area contributed by atoms with E-state index in [0.717, 1.165) is 13.1 Å². The summed E-state index contributed by atoms with van der Waals surface area (Å²) in [5, 5.41) is 11.0. The topological polar surface area (TPSA) is 84.1 Å². The Morgan fingerprint density at radius 3 is 2.57 bits per heavy atom. The lowest BCUT2D eigenvalue weighted by atomic mass is 10.1. The first-order chi connectivity index (χ1) is 11.2. The molecular weight excluding hydrogens is 290 g/mol. The number of carbonyl (C=O) groups excluding carboxylic acids is 1. The number of hydrogen-bond acceptors (Lipinski definition) is 5. The molecule has 1 aromatic carbocycles. The van der Waals surface area contributed by atoms with Crippen molar-refractivity contribution in [1.29, 1.82) is 0 Å². The number of benzene rings is 1. The van der Waals surface area contributed by atoms with Gasteiger partial charge in [0.1, 0.15) is 5.82 Å². The largest absolute Gasteiger partial charge is 0.371 e. The molecule has 23 heavy (non-hydrogen) atoms. The van der Waals surface area contributed by atoms with E-state index >= 15 is 0 Å². The van der Waals surface area contributed by atoms with Gasteiger partial charge in [-0.25, -0.2) is 0 Å². The Bertz CT molecular complexity index is 665. The van der Waals surface area contributed by atoms with Crippen LogP contribution < -0.4 is 16.0 Å². The van der Waals surface area contributed by atoms with Crippen LogP contribution in [0.15, 0.2) is 36.4 Å². The number of piperidine rings is 1. The molecule has 1 saturated heterocycles. The molecule has 0 bridgehead atoms. The van der Waals surface area contributed by atoms with Crippen LogP contribution in [-0.2, 0) is 6.54 Å². The van der Waals surface area contributed by atoms with Gasteiger partial charge in [-0.05, 0) is 43.0 Å². The van der Waals surface area contributed by atoms with E-state index in [2.05, 4.69) is 38.6 Å². The second kappa shape index (κ2) is 7.09. The van der Waals surface area contributed by atoms with Crippen LogP contribution in [0, 0.1) is 0 Å². The van der Waals surface area contributed by atoms with Crippen molar-refractivity contribution in [3.63, 3.8) is 0 Å². The van der Waals surface area contributed by atoms with Crippen LogP contribution in [0.1, 0.15) is 35.3 Å². The molecule has 120 valence electrons. The maximum Gasteiger partial charge on any atom is 0.269 e. The summed E-state index contributed by atoms with van der Waals surface area (Å²) < 4.78 is 0. The van der Waals surface area contributed by atoms with E-state index in [1.54, 1.807) is 12.1 Å². The molecule has 2 heterocycles. The number of anilines is 2. The number of primary amides is 1. The summed E-state index contributed by atoms with van der Waals surface area (Å²) in [6.45, 7) is 2.89. The third-order valence-corrected chi connectivity index (χ3v) is 4.07. The summed E-state index contributed by atoms with van der Waals surface area (Å²) in [6.07, 6.45) is 3.82. The number of amides is 1. The first-order valence-corrected chi connectivity index (χ1v) is 7.94. The van der Waals surface area contributed by atoms with Crippen molar-refractivity contribution in [2.45, 2.75) is 25.8 Å². The Hall–Kier alpha value is -2.63. The predicted octanol–water partition coefficient (Wildman–Crippen LogP) is 2.18. The molecule has 1 amide bonds. The molecule has 0 atom stereocenters. The molecule has 0 aliphatic carbocycles. The zero-order valence-electron chi connectivity index (χ0n) is 13.0. The van der Waals surface area contributed by atoms with Crippen LogP contribution in [0.2, 0.25) is 0 Å². The lowest BCUT2D eigenvalue weighted by Crippen LogP contribution is -2.30. The van der Waals surface area contributed by atoms with Crippen molar-refractivity contribution >= 4 is 17.4 Å². The van der Waals surface area contributed by atoms with Gasteiger partial charge in [0.2, 0.25) is 0 Å². The predicted molar refractivity (Wildman–Crippen MR) is 90.4 cm³/mol. The fraction of sp³-hybridized carbons (Fsp3) is 0.353. The summed E-state index contributed by atoms with van der Waals surface area (Å²) in [7, 11) is 0. The molecule has 3 rings (SSSR count). The highest BCUT2D eigenvalue weighted by Gasteiger charge is 2.14. The van der Waals surface area contributed by atoms with E-state index in [1.165, 1.54) is 30.5 Å². The Balaban J connectivity index is 1.69. The number of aromatic nitrogens is 2. The van der Waals surface area contributed by atoms with E-state index in [4.69, 9.17) is 5.73 Å². The molecular formula is C17H21N5O. The second-order valence-electron chi connectivity index (χ2n) is 5.70. The van der Waals surface area contributed by atoms with Gasteiger partial charge in [0.05, 0.1) is 0 Å². The minimum Gasteiger partial charge on any atom is -0.371 e. The number of para-hydroxylation sites is 1. The smallest absolute Gasteiger partial charge is 0.269 e. The van der Waals surface area contributed by atoms with Gasteiger partial charge in [-0.2, -0.15) is 0 Å². The first-order valence-electron chi connectivity index (χ1n) is 7.94. The third kappa shape index (κ3) is 3.77. The van der Waals surface area contributed by atoms with Gasteiger partial charge in [0.25, 0.3) is 5.91 Å². The molecule has 6 heteroatoms. The Morgan fingerprint density at radius 1 is 1.09 bits per heavy atom. The Morgan fingerprint density at radius 2 is 1.87 bits per heavy atom. The van der Waals surface area contributed by atoms with Gasteiger partial charge in [-0.3, -0.25) is 4.79 Å². The van der Waals surface area contributed by atoms with Crippen LogP contribution in [0.25, 0.3) is 0 Å². The van der Waals surface area contributed by atoms with Crippen LogP contribution in [0.4, 0.5) is 11.5 Å². The van der Waals surface area contributed by atoms with Gasteiger partial charge in [-0.15, -0.1) is 10.2 Å². The number of carbonyl (C=O) groups is 1. The monoisotopic (exact) mass is 311 g/mol. The molecule has 6 nitrogen and oxygen atoms in total. The quantitative estimate of drug-likeness (QED) is 0.884. The van der Waals surface area contributed by atoms with Crippen LogP contribution in [-0.4, -0.2) is 29.2 Å². The van der Waals surface area contributed by atoms with E-state index in [9.17, 15) is 4.79 Å². The number of hydrogen-bond donors (Lipinski definition) is 2. The first kappa shape index (κ1) is 15.3. The van der Waals surface area contributed by atoms with Crippen molar-refractivity contribution in [2.75, 3.05) is 23.3 Å². The fourth-order valence-corrected chi connectivity index (χ4v) is 2.85. The van der Waals surface area contributed by atoms with E-state index < -0.39 is 5.91 Å². The Labute approximate surface area is 135 Å². The number of nitrogens with zero attached hydrogens (tertiary/aromatic N) is 3. The minimum atomic E-state index is -0.570. The van der Waals surface area contributed by atoms with Crippen LogP contribution >= 0.6 is 0 Å². The van der Waals surface area contributed by atoms with Crippen molar-refractivity contribution in [1.82, 2.24) is 10.2 Å². The molecule has 1 aromatic heterocycles. The number of nitrogens with two attached hydrogens (primary N) is 1. The summed E-state index contributed by atoms with van der Waals surface area (Å²) in [5.74, 6) is 0.0583. The van der Waals surface area contributed by atoms with E-state index in [1.807, 2.05) is 6.07 Å². The number of rotatable bonds is 5. The molecule has 0 radical (unpaired) electrons. The maximum absolute atomic E-state index is 11.0. The molecule has 1 aliphatic heterocycles. The third-order valence-electron chi connectivity index (χ3n) is 4.07. The zero-order valence-corrected chi connectivity index (χ0v) is 13.0. The summed E-state index contributed by atoms with van der Waals surface area (Å²) >= 11 is 0. The van der Waals surface area contributed by atoms with Crippen LogP contribution in [0.3, 0.4) is 0 Å². The van der Waals surface area contributed by atoms with Gasteiger partial charge in [-0.1, -0.05) is 18.2 Å². The van der Waals surface area contributed by atoms with Gasteiger partial charge in [0, 0.05) is 25.3 Å². The lowest BCUT2D eigenvalue weighted by molar-refractivity contribution is 0.0994. The molecule has 1 fully saturated rings. The molecule has 0 spiro atoms. The minimum absolute atomic E-state index is 0.171. The summed E-state index contributed by atoms with van der Waals surface area (Å²) in [6, 6.07) is 11.7. The normalized spacial score (nSPS) is 14.5. The van der Waals surface area contributed by atoms with Gasteiger partial charge in [0.15, 0.2) is 5.69 Å². The average Bonchev–Trinajstić information content (AvgIpc) is 2.61. The highest BCUT2D eigenvalue weighted by Crippen LogP contribution is 2.24. The Kier molecular flexibility index (Phi) is 4.71. The fourth-order valence-electron chi connectivity index (χ4n) is 2.85. The molecule has 1 aliphatic rings. The van der Waals surface area contributed by atoms with Gasteiger partial charge < -0.3 is 16.0 Å². The molecule has 0 saturated carbocycles. The zero-order chi connectivity index (χ0) is 16.1. The molecule has 3 N–H and O–H groups in total. The molecule has 2 aromatic rings. The van der Waals surface area contributed by atoms with Crippen molar-refractivity contribution in [3.8, 4) is 0 Å². The highest BCUT2D eigenvalue weighted by atomic mass is 16.1. The highest BCUT2D eigenvalue weighted by molar-refractivity contribution is 5.90. The number of nitrogens with one attached hydrogen (secondary N) is 1. The average molecular weight is 311 g/mol. The van der Waals surface area contributed by atoms with E-state index in [-0.39, 0.29) is 5.69 Å². The van der Waals surface area contributed by atoms with E-state index in [0.29, 0.717) is 12.4 Å². The standard InChI is InChI=1S/C17H21N5O/c18-17(23)14-8-9-16(21-20-14)19-12-13-6-2-3-7-15(13)22-10-4-1-5-11-22/h2-3,6-9H,1,4-5,10-12H2,(H2,18,23)(H,19,21). The second-order valence-corrected chi connectivity index (χ2v) is 5.70. The maximum atomic E-state index is 11.0. The van der Waals surface area contributed by atoms with Crippen LogP contribution in [0.5, 0.6) is 0 Å². The SMILES string of the molecule is NC(=O)c1ccc(NCc2ccccc2N2CCCCC2)nn1. The molecule has 0 unspecified atom stereocenters. The lowest BCUT2D eigenvalue weighted by Gasteiger charge is -2.30. The summed E-state index contributed by atoms with van der Waals surface area (Å²) in [5.41, 5.74) is 7.85. The van der Waals surface area contributed by atoms with Crippen molar-refractivity contribution < 1.29 is 4.79 Å².